The number of aryl methyl sites for hydroxylation is 1. The van der Waals surface area contributed by atoms with E-state index in [1.54, 1.807) is 12.3 Å². The summed E-state index contributed by atoms with van der Waals surface area (Å²) in [5.74, 6) is 1.22. The van der Waals surface area contributed by atoms with Crippen LogP contribution in [0.3, 0.4) is 0 Å². The molecular formula is C25H27N7O2S. The van der Waals surface area contributed by atoms with Gasteiger partial charge in [0.2, 0.25) is 5.91 Å². The predicted molar refractivity (Wildman–Crippen MR) is 136 cm³/mol. The number of imidazole rings is 1. The molecule has 0 radical (unpaired) electrons. The second-order valence-corrected chi connectivity index (χ2v) is 10.8. The van der Waals surface area contributed by atoms with Crippen molar-refractivity contribution in [1.82, 2.24) is 24.7 Å². The quantitative estimate of drug-likeness (QED) is 0.349. The number of carbonyl (C=O) groups excluding carboxylic acids is 1. The average molecular weight is 490 g/mol. The van der Waals surface area contributed by atoms with Crippen LogP contribution in [0.1, 0.15) is 43.2 Å². The van der Waals surface area contributed by atoms with E-state index in [1.807, 2.05) is 31.3 Å². The molecule has 3 N–H and O–H groups in total. The lowest BCUT2D eigenvalue weighted by Gasteiger charge is -2.14. The van der Waals surface area contributed by atoms with Crippen molar-refractivity contribution >= 4 is 45.1 Å². The van der Waals surface area contributed by atoms with Crippen LogP contribution in [0, 0.1) is 19.8 Å². The number of aromatic nitrogens is 5. The van der Waals surface area contributed by atoms with Crippen LogP contribution in [0.5, 0.6) is 0 Å². The molecule has 0 aliphatic heterocycles. The van der Waals surface area contributed by atoms with Crippen molar-refractivity contribution in [1.29, 1.82) is 0 Å². The van der Waals surface area contributed by atoms with Gasteiger partial charge in [0.1, 0.15) is 17.2 Å². The van der Waals surface area contributed by atoms with Gasteiger partial charge in [-0.05, 0) is 57.2 Å². The van der Waals surface area contributed by atoms with Crippen LogP contribution >= 0.6 is 0 Å². The van der Waals surface area contributed by atoms with E-state index in [1.165, 1.54) is 12.8 Å². The Labute approximate surface area is 205 Å². The first kappa shape index (κ1) is 22.0. The third-order valence-electron chi connectivity index (χ3n) is 6.59. The molecule has 2 aliphatic rings. The third kappa shape index (κ3) is 4.22. The molecule has 3 heterocycles. The van der Waals surface area contributed by atoms with Gasteiger partial charge in [0.25, 0.3) is 0 Å². The van der Waals surface area contributed by atoms with Gasteiger partial charge >= 0.3 is 0 Å². The minimum absolute atomic E-state index is 0.0168. The number of nitrogens with one attached hydrogen (secondary N) is 3. The minimum atomic E-state index is -1.24. The largest absolute Gasteiger partial charge is 0.353 e. The zero-order valence-corrected chi connectivity index (χ0v) is 20.7. The SMILES string of the molecule is Cc1nc2nc(NC(=O)C3CC3)cc(Nc3ccc(-c4cnn(C5CC5)c4C)cc3S(C)=O)c2[nH]1. The number of nitrogens with zero attached hydrogens (tertiary/aromatic N) is 4. The number of amides is 1. The topological polar surface area (TPSA) is 118 Å². The molecule has 6 rings (SSSR count). The number of benzene rings is 1. The first-order valence-electron chi connectivity index (χ1n) is 11.8. The Kier molecular flexibility index (Phi) is 5.21. The number of H-pyrrole nitrogens is 1. The van der Waals surface area contributed by atoms with Gasteiger partial charge in [0.15, 0.2) is 5.65 Å². The summed E-state index contributed by atoms with van der Waals surface area (Å²) in [6.45, 7) is 3.94. The average Bonchev–Trinajstić information content (AvgIpc) is 3.75. The zero-order chi connectivity index (χ0) is 24.3. The Morgan fingerprint density at radius 1 is 1.11 bits per heavy atom. The number of anilines is 3. The molecule has 1 atom stereocenters. The van der Waals surface area contributed by atoms with Crippen LogP contribution in [-0.4, -0.2) is 41.1 Å². The van der Waals surface area contributed by atoms with Gasteiger partial charge in [-0.1, -0.05) is 6.07 Å². The molecular weight excluding hydrogens is 462 g/mol. The van der Waals surface area contributed by atoms with E-state index in [2.05, 4.69) is 42.3 Å². The van der Waals surface area contributed by atoms with Crippen LogP contribution in [-0.2, 0) is 15.6 Å². The van der Waals surface area contributed by atoms with Gasteiger partial charge in [0, 0.05) is 29.5 Å². The molecule has 9 nitrogen and oxygen atoms in total. The van der Waals surface area contributed by atoms with E-state index in [0.29, 0.717) is 28.1 Å². The van der Waals surface area contributed by atoms with Crippen molar-refractivity contribution < 1.29 is 9.00 Å². The third-order valence-corrected chi connectivity index (χ3v) is 7.55. The van der Waals surface area contributed by atoms with Gasteiger partial charge in [0.05, 0.1) is 39.3 Å². The number of hydrogen-bond donors (Lipinski definition) is 3. The molecule has 2 saturated carbocycles. The highest BCUT2D eigenvalue weighted by atomic mass is 32.2. The fraction of sp³-hybridized carbons (Fsp3) is 0.360. The molecule has 35 heavy (non-hydrogen) atoms. The van der Waals surface area contributed by atoms with E-state index >= 15 is 0 Å². The Morgan fingerprint density at radius 3 is 2.63 bits per heavy atom. The maximum atomic E-state index is 12.8. The summed E-state index contributed by atoms with van der Waals surface area (Å²) >= 11 is 0. The Balaban J connectivity index is 1.37. The second kappa shape index (κ2) is 8.30. The van der Waals surface area contributed by atoms with Crippen LogP contribution in [0.25, 0.3) is 22.3 Å². The lowest BCUT2D eigenvalue weighted by molar-refractivity contribution is -0.117. The number of rotatable bonds is 7. The summed E-state index contributed by atoms with van der Waals surface area (Å²) in [4.78, 5) is 25.2. The van der Waals surface area contributed by atoms with Crippen molar-refractivity contribution in [3.05, 3.63) is 42.0 Å². The van der Waals surface area contributed by atoms with Crippen molar-refractivity contribution in [3.63, 3.8) is 0 Å². The van der Waals surface area contributed by atoms with Crippen molar-refractivity contribution in [3.8, 4) is 11.1 Å². The first-order chi connectivity index (χ1) is 16.9. The summed E-state index contributed by atoms with van der Waals surface area (Å²) < 4.78 is 14.9. The molecule has 0 saturated heterocycles. The monoisotopic (exact) mass is 489 g/mol. The standard InChI is InChI=1S/C25H27N7O2S/c1-13-18(12-26-32(13)17-7-8-17)16-6-9-19(21(10-16)35(3)34)29-20-11-22(31-25(33)15-4-5-15)30-24-23(20)27-14(2)28-24/h6,9-12,15,17H,4-5,7-8H2,1-3H3,(H3,27,28,29,30,31,33). The van der Waals surface area contributed by atoms with Crippen molar-refractivity contribution in [2.45, 2.75) is 50.5 Å². The van der Waals surface area contributed by atoms with Crippen LogP contribution in [0.2, 0.25) is 0 Å². The molecule has 3 aromatic heterocycles. The maximum Gasteiger partial charge on any atom is 0.228 e. The molecule has 1 amide bonds. The van der Waals surface area contributed by atoms with Crippen LogP contribution in [0.15, 0.2) is 35.4 Å². The van der Waals surface area contributed by atoms with E-state index in [9.17, 15) is 9.00 Å². The molecule has 1 aromatic carbocycles. The predicted octanol–water partition coefficient (Wildman–Crippen LogP) is 4.60. The number of hydrogen-bond acceptors (Lipinski definition) is 6. The highest BCUT2D eigenvalue weighted by Crippen LogP contribution is 2.39. The minimum Gasteiger partial charge on any atom is -0.353 e. The summed E-state index contributed by atoms with van der Waals surface area (Å²) in [6, 6.07) is 8.22. The molecule has 0 spiro atoms. The molecule has 4 aromatic rings. The second-order valence-electron chi connectivity index (χ2n) is 9.45. The maximum absolute atomic E-state index is 12.8. The number of aromatic amines is 1. The van der Waals surface area contributed by atoms with Crippen LogP contribution < -0.4 is 10.6 Å². The lowest BCUT2D eigenvalue weighted by atomic mass is 10.1. The molecule has 180 valence electrons. The van der Waals surface area contributed by atoms with E-state index in [4.69, 9.17) is 0 Å². The molecule has 1 unspecified atom stereocenters. The smallest absolute Gasteiger partial charge is 0.228 e. The molecule has 2 fully saturated rings. The van der Waals surface area contributed by atoms with Gasteiger partial charge in [-0.3, -0.25) is 13.7 Å². The van der Waals surface area contributed by atoms with Gasteiger partial charge in [-0.25, -0.2) is 9.97 Å². The van der Waals surface area contributed by atoms with Gasteiger partial charge in [-0.2, -0.15) is 5.10 Å². The number of carbonyl (C=O) groups is 1. The highest BCUT2D eigenvalue weighted by Gasteiger charge is 2.30. The lowest BCUT2D eigenvalue weighted by Crippen LogP contribution is -2.14. The van der Waals surface area contributed by atoms with E-state index < -0.39 is 10.8 Å². The van der Waals surface area contributed by atoms with E-state index in [0.717, 1.165) is 46.7 Å². The summed E-state index contributed by atoms with van der Waals surface area (Å²) in [6.07, 6.45) is 7.74. The highest BCUT2D eigenvalue weighted by molar-refractivity contribution is 7.84. The summed E-state index contributed by atoms with van der Waals surface area (Å²) in [5, 5.41) is 10.9. The molecule has 10 heteroatoms. The number of fused-ring (bicyclic) bond motifs is 1. The van der Waals surface area contributed by atoms with E-state index in [-0.39, 0.29) is 11.8 Å². The van der Waals surface area contributed by atoms with Gasteiger partial charge in [-0.15, -0.1) is 0 Å². The fourth-order valence-electron chi connectivity index (χ4n) is 4.41. The summed E-state index contributed by atoms with van der Waals surface area (Å²) in [7, 11) is -1.24. The Bertz CT molecular complexity index is 1500. The molecule has 2 aliphatic carbocycles. The van der Waals surface area contributed by atoms with Crippen molar-refractivity contribution in [2.24, 2.45) is 5.92 Å². The van der Waals surface area contributed by atoms with Crippen LogP contribution in [0.4, 0.5) is 17.2 Å². The fourth-order valence-corrected chi connectivity index (χ4v) is 5.13. The van der Waals surface area contributed by atoms with Crippen molar-refractivity contribution in [2.75, 3.05) is 16.9 Å². The first-order valence-corrected chi connectivity index (χ1v) is 13.4. The zero-order valence-electron chi connectivity index (χ0n) is 19.9. The molecule has 0 bridgehead atoms. The van der Waals surface area contributed by atoms with Gasteiger partial charge < -0.3 is 15.6 Å². The Morgan fingerprint density at radius 2 is 1.91 bits per heavy atom. The Hall–Kier alpha value is -3.53. The summed E-state index contributed by atoms with van der Waals surface area (Å²) in [5.41, 5.74) is 5.83. The normalized spacial score (nSPS) is 16.4. The number of pyridine rings is 1.